The Morgan fingerprint density at radius 1 is 1.23 bits per heavy atom. The molecule has 1 amide bonds. The average Bonchev–Trinajstić information content (AvgIpc) is 2.96. The summed E-state index contributed by atoms with van der Waals surface area (Å²) >= 11 is 0. The lowest BCUT2D eigenvalue weighted by Gasteiger charge is -2.38. The van der Waals surface area contributed by atoms with Gasteiger partial charge in [0.1, 0.15) is 5.60 Å². The number of hydrogen-bond acceptors (Lipinski definition) is 4. The maximum absolute atomic E-state index is 12.1. The van der Waals surface area contributed by atoms with Gasteiger partial charge in [0, 0.05) is 18.6 Å². The summed E-state index contributed by atoms with van der Waals surface area (Å²) in [6, 6.07) is 10.7. The van der Waals surface area contributed by atoms with Gasteiger partial charge >= 0.3 is 6.09 Å². The van der Waals surface area contributed by atoms with Gasteiger partial charge in [0.2, 0.25) is 0 Å². The van der Waals surface area contributed by atoms with E-state index < -0.39 is 5.60 Å². The quantitative estimate of drug-likeness (QED) is 0.868. The highest BCUT2D eigenvalue weighted by molar-refractivity contribution is 5.68. The zero-order valence-corrected chi connectivity index (χ0v) is 16.1. The molecule has 26 heavy (non-hydrogen) atoms. The largest absolute Gasteiger partial charge is 0.444 e. The summed E-state index contributed by atoms with van der Waals surface area (Å²) in [6.07, 6.45) is 3.12. The number of aliphatic hydroxyl groups is 1. The molecule has 144 valence electrons. The molecule has 0 spiro atoms. The Balaban J connectivity index is 1.56. The van der Waals surface area contributed by atoms with Crippen LogP contribution in [0.1, 0.15) is 57.9 Å². The van der Waals surface area contributed by atoms with Crippen molar-refractivity contribution in [3.8, 4) is 0 Å². The van der Waals surface area contributed by atoms with Crippen molar-refractivity contribution in [3.63, 3.8) is 0 Å². The molecular formula is C21H32N2O3. The van der Waals surface area contributed by atoms with Gasteiger partial charge in [-0.25, -0.2) is 4.79 Å². The van der Waals surface area contributed by atoms with E-state index >= 15 is 0 Å². The van der Waals surface area contributed by atoms with E-state index in [0.29, 0.717) is 5.92 Å². The van der Waals surface area contributed by atoms with Crippen LogP contribution in [0.4, 0.5) is 4.79 Å². The molecule has 3 rings (SSSR count). The molecule has 2 aliphatic rings. The Hall–Kier alpha value is -1.59. The van der Waals surface area contributed by atoms with E-state index in [-0.39, 0.29) is 24.3 Å². The number of likely N-dealkylation sites (tertiary alicyclic amines) is 1. The molecule has 1 aromatic carbocycles. The fraction of sp³-hybridized carbons (Fsp3) is 0.667. The van der Waals surface area contributed by atoms with Gasteiger partial charge in [0.05, 0.1) is 6.10 Å². The highest BCUT2D eigenvalue weighted by Crippen LogP contribution is 2.37. The highest BCUT2D eigenvalue weighted by atomic mass is 16.6. The first kappa shape index (κ1) is 19.2. The number of hydrogen-bond donors (Lipinski definition) is 2. The maximum Gasteiger partial charge on any atom is 0.407 e. The third kappa shape index (κ3) is 4.98. The number of piperidine rings is 1. The Morgan fingerprint density at radius 3 is 2.65 bits per heavy atom. The van der Waals surface area contributed by atoms with Gasteiger partial charge in [-0.2, -0.15) is 0 Å². The van der Waals surface area contributed by atoms with E-state index in [9.17, 15) is 9.90 Å². The van der Waals surface area contributed by atoms with Gasteiger partial charge in [-0.3, -0.25) is 4.90 Å². The number of aliphatic hydroxyl groups excluding tert-OH is 1. The fourth-order valence-electron chi connectivity index (χ4n) is 4.28. The van der Waals surface area contributed by atoms with Crippen LogP contribution in [0.5, 0.6) is 0 Å². The first-order chi connectivity index (χ1) is 12.3. The number of ether oxygens (including phenoxy) is 1. The summed E-state index contributed by atoms with van der Waals surface area (Å²) in [5.41, 5.74) is 0.831. The SMILES string of the molecule is CC(C)(C)OC(=O)N[C@@H]1CCCN(C2CC(c3ccccc3)CC2O)C1. The molecule has 1 aromatic rings. The number of rotatable bonds is 3. The summed E-state index contributed by atoms with van der Waals surface area (Å²) in [5.74, 6) is 0.412. The molecule has 0 radical (unpaired) electrons. The lowest BCUT2D eigenvalue weighted by Crippen LogP contribution is -2.53. The van der Waals surface area contributed by atoms with Crippen LogP contribution in [0.25, 0.3) is 0 Å². The Morgan fingerprint density at radius 2 is 1.96 bits per heavy atom. The molecule has 1 aliphatic carbocycles. The molecule has 3 unspecified atom stereocenters. The summed E-state index contributed by atoms with van der Waals surface area (Å²) < 4.78 is 5.38. The lowest BCUT2D eigenvalue weighted by atomic mass is 9.97. The normalized spacial score (nSPS) is 30.2. The standard InChI is InChI=1S/C21H32N2O3/c1-21(2,3)26-20(25)22-17-10-7-11-23(14-17)18-12-16(13-19(18)24)15-8-5-4-6-9-15/h4-6,8-9,16-19,24H,7,10-14H2,1-3H3,(H,22,25)/t16?,17-,18?,19?/m1/s1. The van der Waals surface area contributed by atoms with Crippen LogP contribution in [0.15, 0.2) is 30.3 Å². The topological polar surface area (TPSA) is 61.8 Å². The number of nitrogens with zero attached hydrogens (tertiary/aromatic N) is 1. The van der Waals surface area contributed by atoms with Crippen LogP contribution in [0.2, 0.25) is 0 Å². The molecule has 5 nitrogen and oxygen atoms in total. The Kier molecular flexibility index (Phi) is 5.88. The highest BCUT2D eigenvalue weighted by Gasteiger charge is 2.39. The van der Waals surface area contributed by atoms with Crippen molar-refractivity contribution in [2.75, 3.05) is 13.1 Å². The van der Waals surface area contributed by atoms with E-state index in [4.69, 9.17) is 4.74 Å². The summed E-state index contributed by atoms with van der Waals surface area (Å²) in [4.78, 5) is 14.4. The van der Waals surface area contributed by atoms with Crippen molar-refractivity contribution >= 4 is 6.09 Å². The van der Waals surface area contributed by atoms with Crippen LogP contribution in [0, 0.1) is 0 Å². The minimum atomic E-state index is -0.483. The Labute approximate surface area is 156 Å². The third-order valence-corrected chi connectivity index (χ3v) is 5.41. The molecule has 4 atom stereocenters. The molecule has 5 heteroatoms. The molecule has 0 aromatic heterocycles. The van der Waals surface area contributed by atoms with E-state index in [1.807, 2.05) is 26.8 Å². The van der Waals surface area contributed by atoms with Crippen molar-refractivity contribution in [2.24, 2.45) is 0 Å². The van der Waals surface area contributed by atoms with Crippen molar-refractivity contribution in [1.29, 1.82) is 0 Å². The predicted octanol–water partition coefficient (Wildman–Crippen LogP) is 3.28. The lowest BCUT2D eigenvalue weighted by molar-refractivity contribution is 0.0348. The second-order valence-corrected chi connectivity index (χ2v) is 8.69. The van der Waals surface area contributed by atoms with Crippen molar-refractivity contribution in [1.82, 2.24) is 10.2 Å². The smallest absolute Gasteiger partial charge is 0.407 e. The fourth-order valence-corrected chi connectivity index (χ4v) is 4.28. The predicted molar refractivity (Wildman–Crippen MR) is 102 cm³/mol. The van der Waals surface area contributed by atoms with Crippen molar-refractivity contribution < 1.29 is 14.6 Å². The van der Waals surface area contributed by atoms with Crippen LogP contribution < -0.4 is 5.32 Å². The van der Waals surface area contributed by atoms with Crippen LogP contribution in [-0.4, -0.2) is 53.0 Å². The van der Waals surface area contributed by atoms with Crippen LogP contribution in [-0.2, 0) is 4.74 Å². The van der Waals surface area contributed by atoms with Gasteiger partial charge < -0.3 is 15.2 Å². The second kappa shape index (κ2) is 7.97. The minimum absolute atomic E-state index is 0.0848. The van der Waals surface area contributed by atoms with Gasteiger partial charge in [-0.05, 0) is 64.5 Å². The van der Waals surface area contributed by atoms with Gasteiger partial charge in [0.15, 0.2) is 0 Å². The van der Waals surface area contributed by atoms with Gasteiger partial charge in [0.25, 0.3) is 0 Å². The van der Waals surface area contributed by atoms with Gasteiger partial charge in [-0.15, -0.1) is 0 Å². The molecule has 0 bridgehead atoms. The Bertz CT molecular complexity index is 599. The molecule has 1 heterocycles. The summed E-state index contributed by atoms with van der Waals surface area (Å²) in [5, 5.41) is 13.6. The average molecular weight is 360 g/mol. The first-order valence-electron chi connectivity index (χ1n) is 9.78. The summed E-state index contributed by atoms with van der Waals surface area (Å²) in [6.45, 7) is 7.38. The van der Waals surface area contributed by atoms with E-state index in [0.717, 1.165) is 38.8 Å². The maximum atomic E-state index is 12.1. The van der Waals surface area contributed by atoms with Crippen molar-refractivity contribution in [2.45, 2.75) is 76.2 Å². The minimum Gasteiger partial charge on any atom is -0.444 e. The molecular weight excluding hydrogens is 328 g/mol. The number of carbonyl (C=O) groups excluding carboxylic acids is 1. The second-order valence-electron chi connectivity index (χ2n) is 8.69. The third-order valence-electron chi connectivity index (χ3n) is 5.41. The van der Waals surface area contributed by atoms with E-state index in [1.54, 1.807) is 0 Å². The van der Waals surface area contributed by atoms with Crippen LogP contribution in [0.3, 0.4) is 0 Å². The van der Waals surface area contributed by atoms with Crippen LogP contribution >= 0.6 is 0 Å². The molecule has 1 saturated heterocycles. The number of alkyl carbamates (subject to hydrolysis) is 1. The number of amides is 1. The van der Waals surface area contributed by atoms with E-state index in [1.165, 1.54) is 5.56 Å². The molecule has 1 aliphatic heterocycles. The van der Waals surface area contributed by atoms with Gasteiger partial charge in [-0.1, -0.05) is 30.3 Å². The zero-order valence-electron chi connectivity index (χ0n) is 16.1. The number of nitrogens with one attached hydrogen (secondary N) is 1. The monoisotopic (exact) mass is 360 g/mol. The number of carbonyl (C=O) groups is 1. The van der Waals surface area contributed by atoms with E-state index in [2.05, 4.69) is 34.5 Å². The summed E-state index contributed by atoms with van der Waals surface area (Å²) in [7, 11) is 0. The molecule has 1 saturated carbocycles. The number of benzene rings is 1. The first-order valence-corrected chi connectivity index (χ1v) is 9.78. The molecule has 2 fully saturated rings. The molecule has 2 N–H and O–H groups in total. The van der Waals surface area contributed by atoms with Crippen molar-refractivity contribution in [3.05, 3.63) is 35.9 Å². The zero-order chi connectivity index (χ0) is 18.7.